The van der Waals surface area contributed by atoms with E-state index in [1.54, 1.807) is 0 Å². The number of fused-ring (bicyclic) bond motifs is 1. The van der Waals surface area contributed by atoms with Crippen LogP contribution in [0.3, 0.4) is 0 Å². The van der Waals surface area contributed by atoms with Gasteiger partial charge in [0.25, 0.3) is 0 Å². The molecule has 138 valence electrons. The number of likely N-dealkylation sites (tertiary alicyclic amines) is 1. The van der Waals surface area contributed by atoms with Crippen LogP contribution in [0.5, 0.6) is 11.5 Å². The molecule has 2 fully saturated rings. The highest BCUT2D eigenvalue weighted by Gasteiger charge is 2.42. The van der Waals surface area contributed by atoms with Crippen LogP contribution in [-0.4, -0.2) is 50.5 Å². The summed E-state index contributed by atoms with van der Waals surface area (Å²) in [7, 11) is 0. The van der Waals surface area contributed by atoms with Gasteiger partial charge in [0.05, 0.1) is 13.2 Å². The molecular weight excluding hydrogens is 433 g/mol. The number of nitrogens with zero attached hydrogens (tertiary/aromatic N) is 2. The summed E-state index contributed by atoms with van der Waals surface area (Å²) in [5, 5.41) is 3.43. The third-order valence-electron chi connectivity index (χ3n) is 5.14. The number of hydrogen-bond acceptors (Lipinski definition) is 4. The van der Waals surface area contributed by atoms with Gasteiger partial charge in [0.1, 0.15) is 0 Å². The van der Waals surface area contributed by atoms with E-state index in [1.165, 1.54) is 12.8 Å². The van der Waals surface area contributed by atoms with Crippen LogP contribution in [0.2, 0.25) is 0 Å². The van der Waals surface area contributed by atoms with Crippen LogP contribution in [-0.2, 0) is 11.3 Å². The highest BCUT2D eigenvalue weighted by atomic mass is 127. The molecular formula is C18H26IN3O3. The van der Waals surface area contributed by atoms with E-state index in [1.807, 2.05) is 12.1 Å². The van der Waals surface area contributed by atoms with Crippen LogP contribution in [0.25, 0.3) is 0 Å². The van der Waals surface area contributed by atoms with Crippen molar-refractivity contribution in [2.24, 2.45) is 10.4 Å². The van der Waals surface area contributed by atoms with Crippen LogP contribution in [0.1, 0.15) is 25.3 Å². The first-order valence-electron chi connectivity index (χ1n) is 8.78. The number of para-hydroxylation sites is 1. The summed E-state index contributed by atoms with van der Waals surface area (Å²) in [6.07, 6.45) is 2.36. The third-order valence-corrected chi connectivity index (χ3v) is 5.14. The van der Waals surface area contributed by atoms with Crippen molar-refractivity contribution in [1.82, 2.24) is 10.2 Å². The van der Waals surface area contributed by atoms with Gasteiger partial charge in [-0.2, -0.15) is 0 Å². The number of aliphatic imine (C=N–C) groups is 1. The summed E-state index contributed by atoms with van der Waals surface area (Å²) in [5.41, 5.74) is 1.40. The average Bonchev–Trinajstić information content (AvgIpc) is 3.33. The standard InChI is InChI=1S/C18H25N3O3.HI/c1-2-19-17(21-8-6-18(11-21)7-9-22-12-18)20-10-14-4-3-5-15-16(14)24-13-23-15;/h3-5H,2,6-13H2,1H3,(H,19,20);1H. The van der Waals surface area contributed by atoms with Crippen LogP contribution in [0, 0.1) is 5.41 Å². The second kappa shape index (κ2) is 7.99. The van der Waals surface area contributed by atoms with Crippen molar-refractivity contribution in [2.75, 3.05) is 39.6 Å². The molecule has 0 saturated carbocycles. The summed E-state index contributed by atoms with van der Waals surface area (Å²) >= 11 is 0. The van der Waals surface area contributed by atoms with E-state index in [2.05, 4.69) is 23.2 Å². The molecule has 2 saturated heterocycles. The number of benzene rings is 1. The minimum atomic E-state index is 0. The Labute approximate surface area is 165 Å². The molecule has 1 aromatic rings. The van der Waals surface area contributed by atoms with Crippen molar-refractivity contribution in [2.45, 2.75) is 26.3 Å². The number of guanidine groups is 1. The van der Waals surface area contributed by atoms with Gasteiger partial charge in [0.15, 0.2) is 17.5 Å². The third kappa shape index (κ3) is 3.81. The molecule has 1 aromatic carbocycles. The fraction of sp³-hybridized carbons (Fsp3) is 0.611. The largest absolute Gasteiger partial charge is 0.454 e. The van der Waals surface area contributed by atoms with Crippen LogP contribution in [0.4, 0.5) is 0 Å². The lowest BCUT2D eigenvalue weighted by atomic mass is 9.87. The molecule has 0 aromatic heterocycles. The zero-order valence-electron chi connectivity index (χ0n) is 14.6. The number of nitrogens with one attached hydrogen (secondary N) is 1. The molecule has 3 aliphatic rings. The summed E-state index contributed by atoms with van der Waals surface area (Å²) in [4.78, 5) is 7.23. The Balaban J connectivity index is 0.00000182. The van der Waals surface area contributed by atoms with Gasteiger partial charge in [-0.3, -0.25) is 0 Å². The van der Waals surface area contributed by atoms with Crippen molar-refractivity contribution < 1.29 is 14.2 Å². The number of hydrogen-bond donors (Lipinski definition) is 1. The molecule has 25 heavy (non-hydrogen) atoms. The maximum atomic E-state index is 5.63. The van der Waals surface area contributed by atoms with E-state index in [0.29, 0.717) is 18.8 Å². The van der Waals surface area contributed by atoms with Crippen LogP contribution >= 0.6 is 24.0 Å². The Kier molecular flexibility index (Phi) is 5.93. The Bertz CT molecular complexity index is 632. The summed E-state index contributed by atoms with van der Waals surface area (Å²) in [6, 6.07) is 5.98. The Morgan fingerprint density at radius 3 is 3.04 bits per heavy atom. The van der Waals surface area contributed by atoms with Gasteiger partial charge in [-0.1, -0.05) is 12.1 Å². The maximum Gasteiger partial charge on any atom is 0.231 e. The van der Waals surface area contributed by atoms with Gasteiger partial charge in [-0.25, -0.2) is 4.99 Å². The molecule has 7 heteroatoms. The van der Waals surface area contributed by atoms with Gasteiger partial charge < -0.3 is 24.4 Å². The minimum absolute atomic E-state index is 0. The van der Waals surface area contributed by atoms with Crippen LogP contribution < -0.4 is 14.8 Å². The molecule has 0 aliphatic carbocycles. The molecule has 0 amide bonds. The summed E-state index contributed by atoms with van der Waals surface area (Å²) < 4.78 is 16.7. The topological polar surface area (TPSA) is 55.3 Å². The molecule has 1 spiro atoms. The highest BCUT2D eigenvalue weighted by Crippen LogP contribution is 2.38. The minimum Gasteiger partial charge on any atom is -0.454 e. The monoisotopic (exact) mass is 459 g/mol. The van der Waals surface area contributed by atoms with Crippen molar-refractivity contribution in [1.29, 1.82) is 0 Å². The lowest BCUT2D eigenvalue weighted by molar-refractivity contribution is 0.156. The number of halogens is 1. The normalized spacial score (nSPS) is 24.7. The Hall–Kier alpha value is -1.22. The number of rotatable bonds is 3. The van der Waals surface area contributed by atoms with E-state index < -0.39 is 0 Å². The first-order valence-corrected chi connectivity index (χ1v) is 8.78. The van der Waals surface area contributed by atoms with E-state index in [9.17, 15) is 0 Å². The first kappa shape index (κ1) is 18.6. The predicted octanol–water partition coefficient (Wildman–Crippen LogP) is 2.61. The van der Waals surface area contributed by atoms with Crippen molar-refractivity contribution in [3.05, 3.63) is 23.8 Å². The van der Waals surface area contributed by atoms with Gasteiger partial charge in [-0.15, -0.1) is 24.0 Å². The zero-order chi connectivity index (χ0) is 16.4. The Morgan fingerprint density at radius 1 is 1.32 bits per heavy atom. The molecule has 3 heterocycles. The lowest BCUT2D eigenvalue weighted by Crippen LogP contribution is -2.41. The SMILES string of the molecule is CCNC(=NCc1cccc2c1OCO2)N1CCC2(CCOC2)C1.I. The molecule has 0 radical (unpaired) electrons. The number of ether oxygens (including phenoxy) is 3. The van der Waals surface area contributed by atoms with Gasteiger partial charge in [0.2, 0.25) is 6.79 Å². The van der Waals surface area contributed by atoms with E-state index in [0.717, 1.165) is 55.9 Å². The lowest BCUT2D eigenvalue weighted by Gasteiger charge is -2.25. The molecule has 4 rings (SSSR count). The first-order chi connectivity index (χ1) is 11.8. The fourth-order valence-electron chi connectivity index (χ4n) is 3.79. The second-order valence-corrected chi connectivity index (χ2v) is 6.80. The fourth-order valence-corrected chi connectivity index (χ4v) is 3.79. The molecule has 1 N–H and O–H groups in total. The van der Waals surface area contributed by atoms with E-state index in [4.69, 9.17) is 19.2 Å². The maximum absolute atomic E-state index is 5.63. The zero-order valence-corrected chi connectivity index (χ0v) is 17.0. The van der Waals surface area contributed by atoms with Gasteiger partial charge in [0, 0.05) is 37.2 Å². The average molecular weight is 459 g/mol. The quantitative estimate of drug-likeness (QED) is 0.428. The van der Waals surface area contributed by atoms with Crippen molar-refractivity contribution in [3.63, 3.8) is 0 Å². The van der Waals surface area contributed by atoms with Crippen molar-refractivity contribution >= 4 is 29.9 Å². The second-order valence-electron chi connectivity index (χ2n) is 6.80. The molecule has 6 nitrogen and oxygen atoms in total. The smallest absolute Gasteiger partial charge is 0.231 e. The Morgan fingerprint density at radius 2 is 2.24 bits per heavy atom. The predicted molar refractivity (Wildman–Crippen MR) is 107 cm³/mol. The van der Waals surface area contributed by atoms with Gasteiger partial charge in [-0.05, 0) is 25.8 Å². The van der Waals surface area contributed by atoms with Gasteiger partial charge >= 0.3 is 0 Å². The van der Waals surface area contributed by atoms with E-state index in [-0.39, 0.29) is 24.0 Å². The van der Waals surface area contributed by atoms with Crippen LogP contribution in [0.15, 0.2) is 23.2 Å². The molecule has 1 atom stereocenters. The molecule has 0 bridgehead atoms. The summed E-state index contributed by atoms with van der Waals surface area (Å²) in [6.45, 7) is 7.73. The van der Waals surface area contributed by atoms with E-state index >= 15 is 0 Å². The molecule has 1 unspecified atom stereocenters. The van der Waals surface area contributed by atoms with Crippen molar-refractivity contribution in [3.8, 4) is 11.5 Å². The molecule has 3 aliphatic heterocycles. The highest BCUT2D eigenvalue weighted by molar-refractivity contribution is 14.0. The summed E-state index contributed by atoms with van der Waals surface area (Å²) in [5.74, 6) is 2.63.